The van der Waals surface area contributed by atoms with Crippen molar-refractivity contribution in [3.05, 3.63) is 42.1 Å². The van der Waals surface area contributed by atoms with E-state index in [1.807, 2.05) is 20.8 Å². The lowest BCUT2D eigenvalue weighted by Crippen LogP contribution is -2.47. The maximum atomic E-state index is 13.9. The molecule has 0 spiro atoms. The molecule has 45 heavy (non-hydrogen) atoms. The Morgan fingerprint density at radius 1 is 1.09 bits per heavy atom. The highest BCUT2D eigenvalue weighted by molar-refractivity contribution is 5.97. The molecule has 3 aromatic rings. The number of piperidine rings is 1. The molecule has 13 heteroatoms. The summed E-state index contributed by atoms with van der Waals surface area (Å²) in [4.78, 5) is 45.4. The largest absolute Gasteiger partial charge is 0.493 e. The fourth-order valence-electron chi connectivity index (χ4n) is 4.97. The molecule has 0 bridgehead atoms. The molecule has 0 radical (unpaired) electrons. The number of carbonyl (C=O) groups is 3. The number of aldehydes is 1. The number of benzene rings is 1. The van der Waals surface area contributed by atoms with E-state index in [0.717, 1.165) is 19.1 Å². The Hall–Kier alpha value is -4.39. The first-order chi connectivity index (χ1) is 21.3. The van der Waals surface area contributed by atoms with Gasteiger partial charge in [0.25, 0.3) is 0 Å². The van der Waals surface area contributed by atoms with Crippen molar-refractivity contribution in [2.45, 2.75) is 84.5 Å². The highest BCUT2D eigenvalue weighted by atomic mass is 16.6. The minimum absolute atomic E-state index is 0.148. The van der Waals surface area contributed by atoms with Crippen molar-refractivity contribution in [1.29, 1.82) is 0 Å². The number of anilines is 3. The summed E-state index contributed by atoms with van der Waals surface area (Å²) < 4.78 is 18.6. The molecule has 1 aromatic carbocycles. The van der Waals surface area contributed by atoms with Gasteiger partial charge in [-0.15, -0.1) is 0 Å². The van der Waals surface area contributed by atoms with Crippen molar-refractivity contribution in [3.8, 4) is 5.75 Å². The third-order valence-corrected chi connectivity index (χ3v) is 6.77. The van der Waals surface area contributed by atoms with Gasteiger partial charge in [0, 0.05) is 50.2 Å². The monoisotopic (exact) mass is 624 g/mol. The molecule has 0 aliphatic carbocycles. The van der Waals surface area contributed by atoms with E-state index >= 15 is 0 Å². The number of amides is 2. The summed E-state index contributed by atoms with van der Waals surface area (Å²) >= 11 is 0. The zero-order valence-electron chi connectivity index (χ0n) is 26.9. The molecule has 13 nitrogen and oxygen atoms in total. The molecule has 0 saturated carbocycles. The fraction of sp³-hybridized carbons (Fsp3) is 0.531. The molecule has 2 amide bonds. The van der Waals surface area contributed by atoms with Crippen LogP contribution >= 0.6 is 0 Å². The number of aliphatic hydroxyl groups excluding tert-OH is 1. The van der Waals surface area contributed by atoms with Crippen LogP contribution in [-0.4, -0.2) is 86.6 Å². The molecule has 1 aliphatic rings. The Morgan fingerprint density at radius 3 is 2.44 bits per heavy atom. The lowest BCUT2D eigenvalue weighted by atomic mass is 10.1. The Labute approximate surface area is 263 Å². The van der Waals surface area contributed by atoms with Gasteiger partial charge in [-0.2, -0.15) is 9.61 Å². The quantitative estimate of drug-likeness (QED) is 0.230. The zero-order valence-corrected chi connectivity index (χ0v) is 26.9. The minimum atomic E-state index is -0.811. The minimum Gasteiger partial charge on any atom is -0.493 e. The van der Waals surface area contributed by atoms with E-state index in [9.17, 15) is 19.5 Å². The second kappa shape index (κ2) is 14.1. The standard InChI is InChI=1S/C32H44N6O7/c1-31(2,3)44-29(41)36-17-7-9-22(21-36)34-27-25(15-19-40)28(38-26(35-27)14-16-33-38)37(30(42)45-32(4,5)6)23-10-12-24(13-11-23)43-20-8-18-39/h10-14,16,18,22,40H,7-9,15,17,19-21H2,1-6H3,(H,34,35). The van der Waals surface area contributed by atoms with Crippen molar-refractivity contribution >= 4 is 41.4 Å². The number of rotatable bonds is 10. The Kier molecular flexibility index (Phi) is 10.5. The second-order valence-electron chi connectivity index (χ2n) is 12.9. The number of aliphatic hydroxyl groups is 1. The van der Waals surface area contributed by atoms with Gasteiger partial charge in [0.15, 0.2) is 11.5 Å². The molecule has 1 unspecified atom stereocenters. The zero-order chi connectivity index (χ0) is 32.8. The summed E-state index contributed by atoms with van der Waals surface area (Å²) in [5.41, 5.74) is 0.0558. The summed E-state index contributed by atoms with van der Waals surface area (Å²) in [6.07, 6.45) is 3.29. The van der Waals surface area contributed by atoms with Crippen molar-refractivity contribution in [1.82, 2.24) is 19.5 Å². The Morgan fingerprint density at radius 2 is 1.80 bits per heavy atom. The molecule has 2 aromatic heterocycles. The van der Waals surface area contributed by atoms with Crippen LogP contribution in [0.25, 0.3) is 5.65 Å². The average Bonchev–Trinajstić information content (AvgIpc) is 3.42. The number of aromatic nitrogens is 3. The summed E-state index contributed by atoms with van der Waals surface area (Å²) in [6.45, 7) is 11.8. The molecule has 244 valence electrons. The van der Waals surface area contributed by atoms with E-state index in [1.54, 1.807) is 66.7 Å². The van der Waals surface area contributed by atoms with E-state index < -0.39 is 17.3 Å². The maximum absolute atomic E-state index is 13.9. The number of likely N-dealkylation sites (tertiary alicyclic amines) is 1. The predicted molar refractivity (Wildman–Crippen MR) is 169 cm³/mol. The van der Waals surface area contributed by atoms with E-state index in [0.29, 0.717) is 47.4 Å². The third-order valence-electron chi connectivity index (χ3n) is 6.77. The van der Waals surface area contributed by atoms with Gasteiger partial charge in [-0.1, -0.05) is 0 Å². The average molecular weight is 625 g/mol. The summed E-state index contributed by atoms with van der Waals surface area (Å²) in [7, 11) is 0. The maximum Gasteiger partial charge on any atom is 0.420 e. The number of fused-ring (bicyclic) bond motifs is 1. The first kappa shape index (κ1) is 33.5. The number of ether oxygens (including phenoxy) is 3. The van der Waals surface area contributed by atoms with Crippen LogP contribution in [0.1, 0.15) is 66.4 Å². The third kappa shape index (κ3) is 8.84. The topological polar surface area (TPSA) is 148 Å². The molecule has 1 atom stereocenters. The van der Waals surface area contributed by atoms with E-state index in [1.165, 1.54) is 4.90 Å². The SMILES string of the molecule is CC(C)(C)OC(=O)N1CCCC(Nc2nc3ccnn3c(N(C(=O)OC(C)(C)C)c3ccc(OCCC=O)cc3)c2CCO)C1. The van der Waals surface area contributed by atoms with Crippen LogP contribution in [0.2, 0.25) is 0 Å². The Balaban J connectivity index is 1.77. The first-order valence-corrected chi connectivity index (χ1v) is 15.2. The first-order valence-electron chi connectivity index (χ1n) is 15.2. The van der Waals surface area contributed by atoms with Crippen LogP contribution in [0.3, 0.4) is 0 Å². The van der Waals surface area contributed by atoms with Crippen molar-refractivity contribution in [3.63, 3.8) is 0 Å². The van der Waals surface area contributed by atoms with Gasteiger partial charge in [0.1, 0.15) is 29.1 Å². The van der Waals surface area contributed by atoms with E-state index in [-0.39, 0.29) is 38.2 Å². The second-order valence-corrected chi connectivity index (χ2v) is 12.9. The van der Waals surface area contributed by atoms with Gasteiger partial charge in [0.05, 0.1) is 18.5 Å². The molecule has 1 fully saturated rings. The van der Waals surface area contributed by atoms with Crippen LogP contribution in [-0.2, 0) is 20.7 Å². The van der Waals surface area contributed by atoms with E-state index in [2.05, 4.69) is 10.4 Å². The smallest absolute Gasteiger partial charge is 0.420 e. The van der Waals surface area contributed by atoms with Gasteiger partial charge in [-0.05, 0) is 78.6 Å². The highest BCUT2D eigenvalue weighted by Gasteiger charge is 2.33. The van der Waals surface area contributed by atoms with Crippen molar-refractivity contribution in [2.24, 2.45) is 0 Å². The molecular weight excluding hydrogens is 580 g/mol. The van der Waals surface area contributed by atoms with Crippen LogP contribution in [0.15, 0.2) is 36.5 Å². The highest BCUT2D eigenvalue weighted by Crippen LogP contribution is 2.36. The molecule has 1 saturated heterocycles. The summed E-state index contributed by atoms with van der Waals surface area (Å²) in [5.74, 6) is 1.35. The number of hydrogen-bond donors (Lipinski definition) is 2. The van der Waals surface area contributed by atoms with E-state index in [4.69, 9.17) is 19.2 Å². The molecular formula is C32H44N6O7. The fourth-order valence-corrected chi connectivity index (χ4v) is 4.97. The van der Waals surface area contributed by atoms with Crippen LogP contribution in [0.5, 0.6) is 5.75 Å². The van der Waals surface area contributed by atoms with Crippen molar-refractivity contribution < 1.29 is 33.7 Å². The number of nitrogens with one attached hydrogen (secondary N) is 1. The predicted octanol–water partition coefficient (Wildman–Crippen LogP) is 5.12. The van der Waals surface area contributed by atoms with Gasteiger partial charge < -0.3 is 34.3 Å². The molecule has 4 rings (SSSR count). The molecule has 1 aliphatic heterocycles. The van der Waals surface area contributed by atoms with Crippen LogP contribution in [0.4, 0.5) is 26.9 Å². The lowest BCUT2D eigenvalue weighted by Gasteiger charge is -2.35. The summed E-state index contributed by atoms with van der Waals surface area (Å²) in [5, 5.41) is 18.2. The number of carbonyl (C=O) groups excluding carboxylic acids is 3. The van der Waals surface area contributed by atoms with Gasteiger partial charge in [0.2, 0.25) is 0 Å². The lowest BCUT2D eigenvalue weighted by molar-refractivity contribution is -0.108. The number of hydrogen-bond acceptors (Lipinski definition) is 10. The van der Waals surface area contributed by atoms with Gasteiger partial charge in [-0.3, -0.25) is 0 Å². The molecule has 2 N–H and O–H groups in total. The Bertz CT molecular complexity index is 1480. The number of nitrogens with zero attached hydrogens (tertiary/aromatic N) is 5. The van der Waals surface area contributed by atoms with Crippen LogP contribution in [0, 0.1) is 0 Å². The summed E-state index contributed by atoms with van der Waals surface area (Å²) in [6, 6.07) is 8.40. The normalized spacial score (nSPS) is 15.4. The molecule has 3 heterocycles. The van der Waals surface area contributed by atoms with Gasteiger partial charge >= 0.3 is 12.2 Å². The van der Waals surface area contributed by atoms with Crippen molar-refractivity contribution in [2.75, 3.05) is 36.5 Å². The van der Waals surface area contributed by atoms with Crippen LogP contribution < -0.4 is 15.0 Å². The van der Waals surface area contributed by atoms with Gasteiger partial charge in [-0.25, -0.2) is 19.5 Å².